The number of nitrogens with zero attached hydrogens (tertiary/aromatic N) is 1. The predicted molar refractivity (Wildman–Crippen MR) is 75.6 cm³/mol. The second kappa shape index (κ2) is 8.61. The maximum Gasteiger partial charge on any atom is 0.309 e. The van der Waals surface area contributed by atoms with Crippen molar-refractivity contribution in [3.8, 4) is 0 Å². The molecule has 7 nitrogen and oxygen atoms in total. The van der Waals surface area contributed by atoms with Gasteiger partial charge in [-0.3, -0.25) is 14.4 Å². The average Bonchev–Trinajstić information content (AvgIpc) is 2.46. The molecule has 0 spiro atoms. The minimum Gasteiger partial charge on any atom is -0.481 e. The zero-order chi connectivity index (χ0) is 15.8. The Bertz CT molecular complexity index is 386. The summed E-state index contributed by atoms with van der Waals surface area (Å²) < 4.78 is 0. The van der Waals surface area contributed by atoms with Gasteiger partial charge in [-0.25, -0.2) is 0 Å². The van der Waals surface area contributed by atoms with Crippen molar-refractivity contribution in [2.24, 2.45) is 17.6 Å². The van der Waals surface area contributed by atoms with Gasteiger partial charge < -0.3 is 20.8 Å². The lowest BCUT2D eigenvalue weighted by atomic mass is 9.85. The maximum absolute atomic E-state index is 12.0. The number of rotatable bonds is 8. The van der Waals surface area contributed by atoms with Crippen molar-refractivity contribution in [1.29, 1.82) is 0 Å². The lowest BCUT2D eigenvalue weighted by molar-refractivity contribution is -0.159. The van der Waals surface area contributed by atoms with Crippen LogP contribution < -0.4 is 5.73 Å². The summed E-state index contributed by atoms with van der Waals surface area (Å²) in [4.78, 5) is 35.7. The SMILES string of the molecule is NCCCCCCC(=O)N1CCC(C(=O)O)C(C(=O)O)C1. The molecule has 7 heteroatoms. The van der Waals surface area contributed by atoms with Crippen molar-refractivity contribution in [2.45, 2.75) is 38.5 Å². The highest BCUT2D eigenvalue weighted by Gasteiger charge is 2.39. The molecular formula is C14H24N2O5. The molecule has 0 aliphatic carbocycles. The van der Waals surface area contributed by atoms with Crippen molar-refractivity contribution in [1.82, 2.24) is 4.90 Å². The van der Waals surface area contributed by atoms with Crippen LogP contribution in [0.15, 0.2) is 0 Å². The summed E-state index contributed by atoms with van der Waals surface area (Å²) >= 11 is 0. The third-order valence-corrected chi connectivity index (χ3v) is 3.94. The Morgan fingerprint density at radius 2 is 1.62 bits per heavy atom. The van der Waals surface area contributed by atoms with Crippen LogP contribution in [-0.2, 0) is 14.4 Å². The molecule has 2 atom stereocenters. The van der Waals surface area contributed by atoms with Crippen LogP contribution >= 0.6 is 0 Å². The minimum absolute atomic E-state index is 0.00602. The summed E-state index contributed by atoms with van der Waals surface area (Å²) in [5.74, 6) is -4.26. The van der Waals surface area contributed by atoms with Crippen LogP contribution in [-0.4, -0.2) is 52.6 Å². The molecule has 0 aromatic heterocycles. The third kappa shape index (κ3) is 5.34. The zero-order valence-electron chi connectivity index (χ0n) is 12.2. The van der Waals surface area contributed by atoms with Gasteiger partial charge in [0.2, 0.25) is 5.91 Å². The largest absolute Gasteiger partial charge is 0.481 e. The van der Waals surface area contributed by atoms with Crippen molar-refractivity contribution in [3.05, 3.63) is 0 Å². The molecule has 1 heterocycles. The van der Waals surface area contributed by atoms with Gasteiger partial charge >= 0.3 is 11.9 Å². The monoisotopic (exact) mass is 300 g/mol. The molecule has 2 unspecified atom stereocenters. The molecule has 0 aromatic carbocycles. The Morgan fingerprint density at radius 1 is 1.00 bits per heavy atom. The lowest BCUT2D eigenvalue weighted by Crippen LogP contribution is -2.48. The second-order valence-corrected chi connectivity index (χ2v) is 5.47. The highest BCUT2D eigenvalue weighted by atomic mass is 16.4. The van der Waals surface area contributed by atoms with E-state index in [1.807, 2.05) is 0 Å². The number of amides is 1. The summed E-state index contributed by atoms with van der Waals surface area (Å²) in [6, 6.07) is 0. The number of carboxylic acid groups (broad SMARTS) is 2. The van der Waals surface area contributed by atoms with Gasteiger partial charge in [0.05, 0.1) is 11.8 Å². The molecule has 1 amide bonds. The fraction of sp³-hybridized carbons (Fsp3) is 0.786. The fourth-order valence-corrected chi connectivity index (χ4v) is 2.66. The second-order valence-electron chi connectivity index (χ2n) is 5.47. The van der Waals surface area contributed by atoms with E-state index in [2.05, 4.69) is 0 Å². The van der Waals surface area contributed by atoms with Gasteiger partial charge in [-0.15, -0.1) is 0 Å². The highest BCUT2D eigenvalue weighted by Crippen LogP contribution is 2.25. The first-order valence-corrected chi connectivity index (χ1v) is 7.40. The molecule has 0 saturated carbocycles. The molecule has 21 heavy (non-hydrogen) atoms. The molecule has 0 bridgehead atoms. The standard InChI is InChI=1S/C14H24N2O5/c15-7-4-2-1-3-5-12(17)16-8-6-10(13(18)19)11(9-16)14(20)21/h10-11H,1-9,15H2,(H,18,19)(H,20,21). The molecule has 0 radical (unpaired) electrons. The molecule has 1 saturated heterocycles. The Balaban J connectivity index is 2.44. The molecule has 1 aliphatic heterocycles. The fourth-order valence-electron chi connectivity index (χ4n) is 2.66. The Hall–Kier alpha value is -1.63. The molecule has 0 aromatic rings. The van der Waals surface area contributed by atoms with Gasteiger partial charge in [-0.05, 0) is 25.8 Å². The molecule has 4 N–H and O–H groups in total. The number of hydrogen-bond acceptors (Lipinski definition) is 4. The number of hydrogen-bond donors (Lipinski definition) is 3. The Kier molecular flexibility index (Phi) is 7.14. The van der Waals surface area contributed by atoms with E-state index >= 15 is 0 Å². The number of carboxylic acids is 2. The van der Waals surface area contributed by atoms with Crippen molar-refractivity contribution < 1.29 is 24.6 Å². The van der Waals surface area contributed by atoms with E-state index in [4.69, 9.17) is 15.9 Å². The predicted octanol–water partition coefficient (Wildman–Crippen LogP) is 0.530. The van der Waals surface area contributed by atoms with E-state index in [0.717, 1.165) is 25.7 Å². The van der Waals surface area contributed by atoms with Crippen LogP contribution in [0.25, 0.3) is 0 Å². The van der Waals surface area contributed by atoms with Crippen molar-refractivity contribution in [3.63, 3.8) is 0 Å². The summed E-state index contributed by atoms with van der Waals surface area (Å²) in [6.07, 6.45) is 4.20. The van der Waals surface area contributed by atoms with E-state index < -0.39 is 23.8 Å². The van der Waals surface area contributed by atoms with Crippen molar-refractivity contribution in [2.75, 3.05) is 19.6 Å². The number of likely N-dealkylation sites (tertiary alicyclic amines) is 1. The first kappa shape index (κ1) is 17.4. The topological polar surface area (TPSA) is 121 Å². The molecule has 1 aliphatic rings. The molecule has 1 fully saturated rings. The summed E-state index contributed by atoms with van der Waals surface area (Å²) in [5, 5.41) is 18.1. The number of aliphatic carboxylic acids is 2. The van der Waals surface area contributed by atoms with Gasteiger partial charge in [0, 0.05) is 19.5 Å². The van der Waals surface area contributed by atoms with Crippen LogP contribution in [0.3, 0.4) is 0 Å². The van der Waals surface area contributed by atoms with E-state index in [9.17, 15) is 14.4 Å². The van der Waals surface area contributed by atoms with Gasteiger partial charge in [-0.1, -0.05) is 12.8 Å². The normalized spacial score (nSPS) is 22.0. The lowest BCUT2D eigenvalue weighted by Gasteiger charge is -2.34. The third-order valence-electron chi connectivity index (χ3n) is 3.94. The number of piperidine rings is 1. The average molecular weight is 300 g/mol. The quantitative estimate of drug-likeness (QED) is 0.562. The van der Waals surface area contributed by atoms with E-state index in [1.54, 1.807) is 0 Å². The van der Waals surface area contributed by atoms with Crippen LogP contribution in [0, 0.1) is 11.8 Å². The number of unbranched alkanes of at least 4 members (excludes halogenated alkanes) is 3. The van der Waals surface area contributed by atoms with Gasteiger partial charge in [-0.2, -0.15) is 0 Å². The summed E-state index contributed by atoms with van der Waals surface area (Å²) in [6.45, 7) is 0.966. The van der Waals surface area contributed by atoms with E-state index in [1.165, 1.54) is 4.90 Å². The summed E-state index contributed by atoms with van der Waals surface area (Å²) in [7, 11) is 0. The zero-order valence-corrected chi connectivity index (χ0v) is 12.2. The number of carbonyl (C=O) groups excluding carboxylic acids is 1. The highest BCUT2D eigenvalue weighted by molar-refractivity contribution is 5.82. The molecule has 1 rings (SSSR count). The Labute approximate surface area is 124 Å². The van der Waals surface area contributed by atoms with Crippen molar-refractivity contribution >= 4 is 17.8 Å². The first-order chi connectivity index (χ1) is 9.97. The summed E-state index contributed by atoms with van der Waals surface area (Å²) in [5.41, 5.74) is 5.39. The van der Waals surface area contributed by atoms with E-state index in [-0.39, 0.29) is 18.9 Å². The number of nitrogens with two attached hydrogens (primary N) is 1. The minimum atomic E-state index is -1.15. The van der Waals surface area contributed by atoms with Crippen LogP contribution in [0.2, 0.25) is 0 Å². The first-order valence-electron chi connectivity index (χ1n) is 7.40. The molecule has 120 valence electrons. The smallest absolute Gasteiger partial charge is 0.309 e. The van der Waals surface area contributed by atoms with E-state index in [0.29, 0.717) is 19.5 Å². The van der Waals surface area contributed by atoms with Crippen LogP contribution in [0.4, 0.5) is 0 Å². The maximum atomic E-state index is 12.0. The van der Waals surface area contributed by atoms with Gasteiger partial charge in [0.15, 0.2) is 0 Å². The van der Waals surface area contributed by atoms with Crippen LogP contribution in [0.1, 0.15) is 38.5 Å². The molecular weight excluding hydrogens is 276 g/mol. The van der Waals surface area contributed by atoms with Gasteiger partial charge in [0.25, 0.3) is 0 Å². The Morgan fingerprint density at radius 3 is 2.19 bits per heavy atom. The van der Waals surface area contributed by atoms with Crippen LogP contribution in [0.5, 0.6) is 0 Å². The number of carbonyl (C=O) groups is 3. The van der Waals surface area contributed by atoms with Gasteiger partial charge in [0.1, 0.15) is 0 Å².